The molecule has 1 aliphatic heterocycles. The fourth-order valence-corrected chi connectivity index (χ4v) is 2.80. The molecule has 1 unspecified atom stereocenters. The van der Waals surface area contributed by atoms with E-state index >= 15 is 0 Å². The van der Waals surface area contributed by atoms with Crippen LogP contribution in [0.25, 0.3) is 11.0 Å². The smallest absolute Gasteiger partial charge is 0.148 e. The van der Waals surface area contributed by atoms with Crippen LogP contribution in [0, 0.1) is 0 Å². The molecular weight excluding hydrogens is 264 g/mol. The van der Waals surface area contributed by atoms with Crippen LogP contribution in [0.15, 0.2) is 30.5 Å². The second-order valence-corrected chi connectivity index (χ2v) is 5.82. The minimum Gasteiger partial charge on any atom is -0.377 e. The van der Waals surface area contributed by atoms with Gasteiger partial charge in [-0.1, -0.05) is 12.1 Å². The third-order valence-corrected chi connectivity index (χ3v) is 4.18. The summed E-state index contributed by atoms with van der Waals surface area (Å²) in [6.07, 6.45) is 4.50. The summed E-state index contributed by atoms with van der Waals surface area (Å²) in [7, 11) is 0. The first kappa shape index (κ1) is 13.0. The number of benzene rings is 1. The first-order valence-electron chi connectivity index (χ1n) is 7.70. The maximum atomic E-state index is 5.64. The van der Waals surface area contributed by atoms with Crippen molar-refractivity contribution >= 4 is 16.9 Å². The Bertz CT molecular complexity index is 628. The molecule has 1 atom stereocenters. The lowest BCUT2D eigenvalue weighted by molar-refractivity contribution is 0.0932. The first-order valence-corrected chi connectivity index (χ1v) is 7.70. The Labute approximate surface area is 124 Å². The molecule has 2 aliphatic rings. The molecule has 1 saturated heterocycles. The Balaban J connectivity index is 1.57. The molecule has 1 N–H and O–H groups in total. The van der Waals surface area contributed by atoms with Crippen LogP contribution in [0.1, 0.15) is 12.8 Å². The quantitative estimate of drug-likeness (QED) is 0.924. The van der Waals surface area contributed by atoms with Crippen molar-refractivity contribution < 1.29 is 4.74 Å². The summed E-state index contributed by atoms with van der Waals surface area (Å²) in [5.74, 6) is 0.958. The van der Waals surface area contributed by atoms with Crippen LogP contribution in [0.4, 0.5) is 5.82 Å². The third kappa shape index (κ3) is 2.84. The number of ether oxygens (including phenoxy) is 1. The van der Waals surface area contributed by atoms with Gasteiger partial charge in [-0.3, -0.25) is 4.98 Å². The number of para-hydroxylation sites is 2. The van der Waals surface area contributed by atoms with E-state index in [2.05, 4.69) is 15.2 Å². The molecule has 0 radical (unpaired) electrons. The van der Waals surface area contributed by atoms with Crippen molar-refractivity contribution in [2.24, 2.45) is 0 Å². The van der Waals surface area contributed by atoms with Crippen molar-refractivity contribution in [3.8, 4) is 0 Å². The lowest BCUT2D eigenvalue weighted by atomic mass is 10.2. The van der Waals surface area contributed by atoms with Crippen molar-refractivity contribution in [3.63, 3.8) is 0 Å². The molecule has 1 saturated carbocycles. The number of hydrogen-bond acceptors (Lipinski definition) is 5. The molecular formula is C16H20N4O. The van der Waals surface area contributed by atoms with Crippen LogP contribution in [0.5, 0.6) is 0 Å². The summed E-state index contributed by atoms with van der Waals surface area (Å²) in [5.41, 5.74) is 1.90. The van der Waals surface area contributed by atoms with Gasteiger partial charge in [-0.15, -0.1) is 0 Å². The lowest BCUT2D eigenvalue weighted by Gasteiger charge is -2.36. The number of nitrogens with one attached hydrogen (secondary N) is 1. The summed E-state index contributed by atoms with van der Waals surface area (Å²) in [5, 5.41) is 3.59. The van der Waals surface area contributed by atoms with Crippen molar-refractivity contribution in [2.75, 3.05) is 31.2 Å². The van der Waals surface area contributed by atoms with Crippen molar-refractivity contribution in [2.45, 2.75) is 24.9 Å². The minimum atomic E-state index is 0.342. The van der Waals surface area contributed by atoms with Gasteiger partial charge in [-0.2, -0.15) is 0 Å². The molecule has 0 bridgehead atoms. The topological polar surface area (TPSA) is 50.3 Å². The highest BCUT2D eigenvalue weighted by atomic mass is 16.5. The molecule has 1 aliphatic carbocycles. The first-order chi connectivity index (χ1) is 10.4. The zero-order valence-corrected chi connectivity index (χ0v) is 12.0. The summed E-state index contributed by atoms with van der Waals surface area (Å²) in [6.45, 7) is 3.35. The number of rotatable bonds is 4. The SMILES string of the molecule is c1ccc2nc(N3CCOCC3CNC3CC3)cnc2c1. The van der Waals surface area contributed by atoms with E-state index in [0.29, 0.717) is 6.04 Å². The van der Waals surface area contributed by atoms with Gasteiger partial charge in [0.1, 0.15) is 5.82 Å². The molecule has 4 rings (SSSR count). The third-order valence-electron chi connectivity index (χ3n) is 4.18. The molecule has 0 amide bonds. The number of morpholine rings is 1. The second-order valence-electron chi connectivity index (χ2n) is 5.82. The average molecular weight is 284 g/mol. The fourth-order valence-electron chi connectivity index (χ4n) is 2.80. The van der Waals surface area contributed by atoms with Gasteiger partial charge in [0.2, 0.25) is 0 Å². The Kier molecular flexibility index (Phi) is 3.45. The van der Waals surface area contributed by atoms with Crippen molar-refractivity contribution in [1.82, 2.24) is 15.3 Å². The lowest BCUT2D eigenvalue weighted by Crippen LogP contribution is -2.51. The summed E-state index contributed by atoms with van der Waals surface area (Å²) in [4.78, 5) is 11.6. The highest BCUT2D eigenvalue weighted by Crippen LogP contribution is 2.22. The van der Waals surface area contributed by atoms with E-state index in [0.717, 1.165) is 49.2 Å². The maximum Gasteiger partial charge on any atom is 0.148 e. The van der Waals surface area contributed by atoms with Gasteiger partial charge in [0, 0.05) is 19.1 Å². The fraction of sp³-hybridized carbons (Fsp3) is 0.500. The van der Waals surface area contributed by atoms with E-state index in [1.807, 2.05) is 30.5 Å². The molecule has 110 valence electrons. The van der Waals surface area contributed by atoms with Gasteiger partial charge >= 0.3 is 0 Å². The molecule has 5 heteroatoms. The predicted octanol–water partition coefficient (Wildman–Crippen LogP) is 1.59. The molecule has 5 nitrogen and oxygen atoms in total. The monoisotopic (exact) mass is 284 g/mol. The predicted molar refractivity (Wildman–Crippen MR) is 82.5 cm³/mol. The number of nitrogens with zero attached hydrogens (tertiary/aromatic N) is 3. The van der Waals surface area contributed by atoms with Gasteiger partial charge < -0.3 is 15.0 Å². The van der Waals surface area contributed by atoms with E-state index in [1.165, 1.54) is 12.8 Å². The maximum absolute atomic E-state index is 5.64. The van der Waals surface area contributed by atoms with E-state index in [9.17, 15) is 0 Å². The van der Waals surface area contributed by atoms with Crippen LogP contribution >= 0.6 is 0 Å². The van der Waals surface area contributed by atoms with Gasteiger partial charge in [-0.25, -0.2) is 4.98 Å². The van der Waals surface area contributed by atoms with Gasteiger partial charge in [-0.05, 0) is 25.0 Å². The van der Waals surface area contributed by atoms with Crippen molar-refractivity contribution in [1.29, 1.82) is 0 Å². The molecule has 1 aromatic heterocycles. The minimum absolute atomic E-state index is 0.342. The molecule has 2 fully saturated rings. The Morgan fingerprint density at radius 2 is 2.10 bits per heavy atom. The Morgan fingerprint density at radius 1 is 1.24 bits per heavy atom. The second kappa shape index (κ2) is 5.58. The van der Waals surface area contributed by atoms with Gasteiger partial charge in [0.15, 0.2) is 0 Å². The van der Waals surface area contributed by atoms with Crippen LogP contribution in [-0.4, -0.2) is 48.4 Å². The highest BCUT2D eigenvalue weighted by molar-refractivity contribution is 5.75. The van der Waals surface area contributed by atoms with E-state index in [4.69, 9.17) is 9.72 Å². The zero-order valence-electron chi connectivity index (χ0n) is 12.0. The number of aromatic nitrogens is 2. The van der Waals surface area contributed by atoms with Crippen molar-refractivity contribution in [3.05, 3.63) is 30.5 Å². The number of fused-ring (bicyclic) bond motifs is 1. The Morgan fingerprint density at radius 3 is 2.95 bits per heavy atom. The van der Waals surface area contributed by atoms with Crippen LogP contribution in [-0.2, 0) is 4.74 Å². The van der Waals surface area contributed by atoms with Crippen LogP contribution < -0.4 is 10.2 Å². The largest absolute Gasteiger partial charge is 0.377 e. The van der Waals surface area contributed by atoms with Crippen LogP contribution in [0.2, 0.25) is 0 Å². The van der Waals surface area contributed by atoms with E-state index < -0.39 is 0 Å². The zero-order chi connectivity index (χ0) is 14.1. The molecule has 2 heterocycles. The molecule has 1 aromatic carbocycles. The average Bonchev–Trinajstić information content (AvgIpc) is 3.37. The van der Waals surface area contributed by atoms with Gasteiger partial charge in [0.05, 0.1) is 36.5 Å². The van der Waals surface area contributed by atoms with Gasteiger partial charge in [0.25, 0.3) is 0 Å². The van der Waals surface area contributed by atoms with E-state index in [1.54, 1.807) is 0 Å². The summed E-state index contributed by atoms with van der Waals surface area (Å²) in [6, 6.07) is 9.08. The normalized spacial score (nSPS) is 22.7. The van der Waals surface area contributed by atoms with E-state index in [-0.39, 0.29) is 0 Å². The standard InChI is InChI=1S/C16H20N4O/c1-2-4-15-14(3-1)18-10-16(19-15)20-7-8-21-11-13(20)9-17-12-5-6-12/h1-4,10,12-13,17H,5-9,11H2. The number of hydrogen-bond donors (Lipinski definition) is 1. The van der Waals surface area contributed by atoms with Crippen LogP contribution in [0.3, 0.4) is 0 Å². The highest BCUT2D eigenvalue weighted by Gasteiger charge is 2.27. The molecule has 21 heavy (non-hydrogen) atoms. The summed E-state index contributed by atoms with van der Waals surface area (Å²) >= 11 is 0. The Hall–Kier alpha value is -1.72. The number of anilines is 1. The summed E-state index contributed by atoms with van der Waals surface area (Å²) < 4.78 is 5.64. The molecule has 2 aromatic rings. The molecule has 0 spiro atoms.